The lowest BCUT2D eigenvalue weighted by Crippen LogP contribution is -2.40. The van der Waals surface area contributed by atoms with E-state index in [0.29, 0.717) is 0 Å². The molecule has 1 aromatic rings. The maximum absolute atomic E-state index is 12.5. The van der Waals surface area contributed by atoms with Crippen molar-refractivity contribution in [1.29, 1.82) is 0 Å². The summed E-state index contributed by atoms with van der Waals surface area (Å²) in [6.45, 7) is 0. The van der Waals surface area contributed by atoms with Gasteiger partial charge in [-0.3, -0.25) is 9.59 Å². The number of hydrogen-bond donors (Lipinski definition) is 3. The average Bonchev–Trinajstić information content (AvgIpc) is 2.27. The second-order valence-corrected chi connectivity index (χ2v) is 4.04. The minimum Gasteiger partial charge on any atom is -0.481 e. The summed E-state index contributed by atoms with van der Waals surface area (Å²) >= 11 is 0. The van der Waals surface area contributed by atoms with Gasteiger partial charge in [0.05, 0.1) is 23.4 Å². The number of nitrogens with one attached hydrogen (secondary N) is 2. The smallest absolute Gasteiger partial charge is 0.416 e. The number of carbonyl (C=O) groups excluding carboxylic acids is 1. The monoisotopic (exact) mass is 274 g/mol. The van der Waals surface area contributed by atoms with Gasteiger partial charge in [-0.1, -0.05) is 0 Å². The first-order chi connectivity index (χ1) is 8.77. The van der Waals surface area contributed by atoms with E-state index in [9.17, 15) is 22.8 Å². The SMILES string of the molecule is O=C(O)CC1Nc2cc(C(F)(F)F)ccc2NC1=O. The Morgan fingerprint density at radius 2 is 2.00 bits per heavy atom. The lowest BCUT2D eigenvalue weighted by Gasteiger charge is -2.26. The van der Waals surface area contributed by atoms with Crippen LogP contribution in [0.4, 0.5) is 24.5 Å². The molecule has 1 unspecified atom stereocenters. The van der Waals surface area contributed by atoms with Gasteiger partial charge in [-0.15, -0.1) is 0 Å². The molecule has 2 rings (SSSR count). The molecule has 0 aromatic heterocycles. The van der Waals surface area contributed by atoms with E-state index >= 15 is 0 Å². The van der Waals surface area contributed by atoms with Gasteiger partial charge in [-0.05, 0) is 18.2 Å². The molecule has 1 aromatic carbocycles. The van der Waals surface area contributed by atoms with Crippen LogP contribution in [-0.4, -0.2) is 23.0 Å². The number of alkyl halides is 3. The molecule has 0 bridgehead atoms. The average molecular weight is 274 g/mol. The van der Waals surface area contributed by atoms with E-state index in [-0.39, 0.29) is 11.4 Å². The first-order valence-electron chi connectivity index (χ1n) is 5.28. The highest BCUT2D eigenvalue weighted by atomic mass is 19.4. The Morgan fingerprint density at radius 1 is 1.32 bits per heavy atom. The number of carbonyl (C=O) groups is 2. The number of carboxylic acid groups (broad SMARTS) is 1. The third-order valence-corrected chi connectivity index (χ3v) is 2.63. The maximum atomic E-state index is 12.5. The highest BCUT2D eigenvalue weighted by Crippen LogP contribution is 2.35. The van der Waals surface area contributed by atoms with Gasteiger partial charge in [-0.25, -0.2) is 0 Å². The fourth-order valence-electron chi connectivity index (χ4n) is 1.74. The van der Waals surface area contributed by atoms with Crippen molar-refractivity contribution in [3.05, 3.63) is 23.8 Å². The lowest BCUT2D eigenvalue weighted by molar-refractivity contribution is -0.139. The maximum Gasteiger partial charge on any atom is 0.416 e. The summed E-state index contributed by atoms with van der Waals surface area (Å²) in [5, 5.41) is 13.5. The van der Waals surface area contributed by atoms with Crippen LogP contribution in [0, 0.1) is 0 Å². The zero-order valence-electron chi connectivity index (χ0n) is 9.41. The van der Waals surface area contributed by atoms with Crippen LogP contribution in [0.5, 0.6) is 0 Å². The fraction of sp³-hybridized carbons (Fsp3) is 0.273. The highest BCUT2D eigenvalue weighted by molar-refractivity contribution is 6.04. The Hall–Kier alpha value is -2.25. The summed E-state index contributed by atoms with van der Waals surface area (Å²) < 4.78 is 37.6. The number of anilines is 2. The van der Waals surface area contributed by atoms with Crippen LogP contribution in [0.15, 0.2) is 18.2 Å². The summed E-state index contributed by atoms with van der Waals surface area (Å²) in [4.78, 5) is 22.1. The van der Waals surface area contributed by atoms with Crippen LogP contribution in [-0.2, 0) is 15.8 Å². The van der Waals surface area contributed by atoms with Crippen molar-refractivity contribution in [3.8, 4) is 0 Å². The summed E-state index contributed by atoms with van der Waals surface area (Å²) in [6.07, 6.45) is -5.01. The van der Waals surface area contributed by atoms with Crippen LogP contribution < -0.4 is 10.6 Å². The largest absolute Gasteiger partial charge is 0.481 e. The fourth-order valence-corrected chi connectivity index (χ4v) is 1.74. The third kappa shape index (κ3) is 2.78. The van der Waals surface area contributed by atoms with Crippen LogP contribution in [0.2, 0.25) is 0 Å². The Labute approximate surface area is 105 Å². The van der Waals surface area contributed by atoms with Crippen molar-refractivity contribution in [3.63, 3.8) is 0 Å². The van der Waals surface area contributed by atoms with E-state index in [2.05, 4.69) is 10.6 Å². The highest BCUT2D eigenvalue weighted by Gasteiger charge is 2.33. The number of hydrogen-bond acceptors (Lipinski definition) is 3. The van der Waals surface area contributed by atoms with Gasteiger partial charge in [0.2, 0.25) is 5.91 Å². The molecule has 1 atom stereocenters. The number of rotatable bonds is 2. The summed E-state index contributed by atoms with van der Waals surface area (Å²) in [7, 11) is 0. The molecule has 0 saturated heterocycles. The molecule has 19 heavy (non-hydrogen) atoms. The predicted octanol–water partition coefficient (Wildman–Crippen LogP) is 1.91. The van der Waals surface area contributed by atoms with Crippen LogP contribution in [0.3, 0.4) is 0 Å². The number of benzene rings is 1. The number of aliphatic carboxylic acids is 1. The molecule has 1 heterocycles. The van der Waals surface area contributed by atoms with Crippen molar-refractivity contribution in [1.82, 2.24) is 0 Å². The van der Waals surface area contributed by atoms with Gasteiger partial charge in [0.15, 0.2) is 0 Å². The molecule has 0 radical (unpaired) electrons. The van der Waals surface area contributed by atoms with Crippen molar-refractivity contribution >= 4 is 23.3 Å². The zero-order chi connectivity index (χ0) is 14.2. The molecule has 5 nitrogen and oxygen atoms in total. The second kappa shape index (κ2) is 4.45. The number of carboxylic acids is 1. The predicted molar refractivity (Wildman–Crippen MR) is 59.7 cm³/mol. The van der Waals surface area contributed by atoms with E-state index in [4.69, 9.17) is 5.11 Å². The van der Waals surface area contributed by atoms with Gasteiger partial charge < -0.3 is 15.7 Å². The number of fused-ring (bicyclic) bond motifs is 1. The zero-order valence-corrected chi connectivity index (χ0v) is 9.41. The Kier molecular flexibility index (Phi) is 3.09. The van der Waals surface area contributed by atoms with Gasteiger partial charge in [0, 0.05) is 0 Å². The van der Waals surface area contributed by atoms with Crippen molar-refractivity contribution in [2.24, 2.45) is 0 Å². The first-order valence-corrected chi connectivity index (χ1v) is 5.28. The molecular formula is C11H9F3N2O3. The molecule has 1 aliphatic heterocycles. The summed E-state index contributed by atoms with van der Waals surface area (Å²) in [5.41, 5.74) is -0.621. The second-order valence-electron chi connectivity index (χ2n) is 4.04. The normalized spacial score (nSPS) is 18.3. The van der Waals surface area contributed by atoms with E-state index in [1.54, 1.807) is 0 Å². The van der Waals surface area contributed by atoms with Gasteiger partial charge in [-0.2, -0.15) is 13.2 Å². The Bertz CT molecular complexity index is 542. The Morgan fingerprint density at radius 3 is 2.58 bits per heavy atom. The summed E-state index contributed by atoms with van der Waals surface area (Å²) in [5.74, 6) is -1.81. The van der Waals surface area contributed by atoms with Crippen LogP contribution in [0.25, 0.3) is 0 Å². The molecular weight excluding hydrogens is 265 g/mol. The molecule has 0 fully saturated rings. The summed E-state index contributed by atoms with van der Waals surface area (Å²) in [6, 6.07) is 1.72. The molecule has 0 aliphatic carbocycles. The minimum atomic E-state index is -4.50. The lowest BCUT2D eigenvalue weighted by atomic mass is 10.1. The van der Waals surface area contributed by atoms with E-state index in [1.165, 1.54) is 0 Å². The standard InChI is InChI=1S/C11H9F3N2O3/c12-11(13,14)5-1-2-6-7(3-5)15-8(4-9(17)18)10(19)16-6/h1-3,8,15H,4H2,(H,16,19)(H,17,18). The molecule has 0 spiro atoms. The van der Waals surface area contributed by atoms with E-state index < -0.39 is 36.1 Å². The molecule has 1 amide bonds. The van der Waals surface area contributed by atoms with Crippen molar-refractivity contribution in [2.45, 2.75) is 18.6 Å². The third-order valence-electron chi connectivity index (χ3n) is 2.63. The van der Waals surface area contributed by atoms with E-state index in [0.717, 1.165) is 18.2 Å². The molecule has 1 aliphatic rings. The molecule has 3 N–H and O–H groups in total. The van der Waals surface area contributed by atoms with E-state index in [1.807, 2.05) is 0 Å². The van der Waals surface area contributed by atoms with Gasteiger partial charge in [0.25, 0.3) is 0 Å². The molecule has 0 saturated carbocycles. The number of amides is 1. The van der Waals surface area contributed by atoms with Crippen LogP contribution in [0.1, 0.15) is 12.0 Å². The first kappa shape index (κ1) is 13.2. The van der Waals surface area contributed by atoms with Crippen molar-refractivity contribution in [2.75, 3.05) is 10.6 Å². The minimum absolute atomic E-state index is 0.0562. The quantitative estimate of drug-likeness (QED) is 0.769. The van der Waals surface area contributed by atoms with Gasteiger partial charge >= 0.3 is 12.1 Å². The molecule has 102 valence electrons. The molecule has 8 heteroatoms. The Balaban J connectivity index is 2.31. The topological polar surface area (TPSA) is 78.4 Å². The van der Waals surface area contributed by atoms with Crippen molar-refractivity contribution < 1.29 is 27.9 Å². The number of halogens is 3. The van der Waals surface area contributed by atoms with Gasteiger partial charge in [0.1, 0.15) is 6.04 Å². The van der Waals surface area contributed by atoms with Crippen LogP contribution >= 0.6 is 0 Å².